The number of aliphatic hydroxyl groups excluding tert-OH is 1. The number of aliphatic hydroxyl groups is 1. The molecular weight excluding hydrogens is 268 g/mol. The maximum Gasteiger partial charge on any atom is 0.125 e. The number of thiophene rings is 1. The standard InChI is InChI=1S/C17H16O2S/c1-11-9-10-20-17(11)16(18)15-13-6-4-3-5-12(13)7-8-14(15)19-2/h3-10,16,18H,1-2H3. The van der Waals surface area contributed by atoms with Crippen LogP contribution in [0.2, 0.25) is 0 Å². The van der Waals surface area contributed by atoms with Gasteiger partial charge in [-0.1, -0.05) is 30.3 Å². The van der Waals surface area contributed by atoms with Crippen molar-refractivity contribution in [2.24, 2.45) is 0 Å². The van der Waals surface area contributed by atoms with Crippen LogP contribution in [0.3, 0.4) is 0 Å². The summed E-state index contributed by atoms with van der Waals surface area (Å²) in [5.74, 6) is 0.726. The van der Waals surface area contributed by atoms with Crippen molar-refractivity contribution in [1.29, 1.82) is 0 Å². The van der Waals surface area contributed by atoms with Crippen LogP contribution in [0.5, 0.6) is 5.75 Å². The first-order valence-electron chi connectivity index (χ1n) is 6.50. The Balaban J connectivity index is 2.26. The zero-order valence-corrected chi connectivity index (χ0v) is 12.3. The molecule has 0 aliphatic rings. The minimum atomic E-state index is -0.656. The molecular formula is C17H16O2S. The van der Waals surface area contributed by atoms with Crippen molar-refractivity contribution in [3.05, 3.63) is 63.8 Å². The van der Waals surface area contributed by atoms with Gasteiger partial charge in [0.25, 0.3) is 0 Å². The summed E-state index contributed by atoms with van der Waals surface area (Å²) >= 11 is 1.57. The van der Waals surface area contributed by atoms with Crippen molar-refractivity contribution < 1.29 is 9.84 Å². The van der Waals surface area contributed by atoms with E-state index in [0.29, 0.717) is 0 Å². The van der Waals surface area contributed by atoms with Gasteiger partial charge in [-0.05, 0) is 40.8 Å². The SMILES string of the molecule is COc1ccc2ccccc2c1C(O)c1sccc1C. The molecule has 2 aromatic carbocycles. The maximum absolute atomic E-state index is 10.8. The first-order valence-corrected chi connectivity index (χ1v) is 7.38. The number of benzene rings is 2. The van der Waals surface area contributed by atoms with E-state index in [2.05, 4.69) is 0 Å². The van der Waals surface area contributed by atoms with Crippen molar-refractivity contribution in [2.75, 3.05) is 7.11 Å². The van der Waals surface area contributed by atoms with Crippen LogP contribution in [0.4, 0.5) is 0 Å². The third-order valence-electron chi connectivity index (χ3n) is 3.57. The van der Waals surface area contributed by atoms with Crippen LogP contribution in [0.1, 0.15) is 22.1 Å². The van der Waals surface area contributed by atoms with Crippen LogP contribution in [-0.2, 0) is 0 Å². The second-order valence-corrected chi connectivity index (χ2v) is 5.72. The highest BCUT2D eigenvalue weighted by Crippen LogP contribution is 2.38. The van der Waals surface area contributed by atoms with Crippen LogP contribution in [0.15, 0.2) is 47.8 Å². The predicted molar refractivity (Wildman–Crippen MR) is 83.6 cm³/mol. The van der Waals surface area contributed by atoms with Crippen molar-refractivity contribution >= 4 is 22.1 Å². The summed E-state index contributed by atoms with van der Waals surface area (Å²) in [7, 11) is 1.64. The Labute approximate surface area is 122 Å². The Morgan fingerprint density at radius 2 is 1.90 bits per heavy atom. The Morgan fingerprint density at radius 3 is 2.60 bits per heavy atom. The van der Waals surface area contributed by atoms with Gasteiger partial charge >= 0.3 is 0 Å². The topological polar surface area (TPSA) is 29.5 Å². The van der Waals surface area contributed by atoms with Crippen molar-refractivity contribution in [3.63, 3.8) is 0 Å². The fourth-order valence-corrected chi connectivity index (χ4v) is 3.45. The summed E-state index contributed by atoms with van der Waals surface area (Å²) in [6.07, 6.45) is -0.656. The Kier molecular flexibility index (Phi) is 3.47. The smallest absolute Gasteiger partial charge is 0.125 e. The van der Waals surface area contributed by atoms with Crippen molar-refractivity contribution in [2.45, 2.75) is 13.0 Å². The van der Waals surface area contributed by atoms with Crippen LogP contribution >= 0.6 is 11.3 Å². The van der Waals surface area contributed by atoms with E-state index in [4.69, 9.17) is 4.74 Å². The molecule has 2 nitrogen and oxygen atoms in total. The van der Waals surface area contributed by atoms with E-state index in [-0.39, 0.29) is 0 Å². The van der Waals surface area contributed by atoms with Gasteiger partial charge in [0.2, 0.25) is 0 Å². The lowest BCUT2D eigenvalue weighted by Crippen LogP contribution is -2.03. The molecule has 3 aromatic rings. The fourth-order valence-electron chi connectivity index (χ4n) is 2.53. The molecule has 20 heavy (non-hydrogen) atoms. The van der Waals surface area contributed by atoms with E-state index in [9.17, 15) is 5.11 Å². The molecule has 102 valence electrons. The predicted octanol–water partition coefficient (Wildman–Crippen LogP) is 4.30. The summed E-state index contributed by atoms with van der Waals surface area (Å²) in [5.41, 5.74) is 1.95. The highest BCUT2D eigenvalue weighted by atomic mass is 32.1. The molecule has 1 aromatic heterocycles. The normalized spacial score (nSPS) is 12.6. The van der Waals surface area contributed by atoms with Gasteiger partial charge in [0.05, 0.1) is 7.11 Å². The first kappa shape index (κ1) is 13.2. The van der Waals surface area contributed by atoms with Crippen molar-refractivity contribution in [1.82, 2.24) is 0 Å². The highest BCUT2D eigenvalue weighted by Gasteiger charge is 2.21. The largest absolute Gasteiger partial charge is 0.496 e. The summed E-state index contributed by atoms with van der Waals surface area (Å²) in [6, 6.07) is 14.0. The first-order chi connectivity index (χ1) is 9.72. The van der Waals surface area contributed by atoms with Gasteiger partial charge in [-0.25, -0.2) is 0 Å². The lowest BCUT2D eigenvalue weighted by molar-refractivity contribution is 0.219. The molecule has 1 N–H and O–H groups in total. The Morgan fingerprint density at radius 1 is 1.10 bits per heavy atom. The minimum absolute atomic E-state index is 0.656. The molecule has 0 radical (unpaired) electrons. The second kappa shape index (κ2) is 5.27. The third kappa shape index (κ3) is 2.09. The molecule has 0 saturated carbocycles. The van der Waals surface area contributed by atoms with E-state index in [1.165, 1.54) is 0 Å². The average molecular weight is 284 g/mol. The van der Waals surface area contributed by atoms with Gasteiger partial charge in [0.1, 0.15) is 11.9 Å². The van der Waals surface area contributed by atoms with E-state index >= 15 is 0 Å². The number of hydrogen-bond donors (Lipinski definition) is 1. The number of fused-ring (bicyclic) bond motifs is 1. The van der Waals surface area contributed by atoms with Crippen molar-refractivity contribution in [3.8, 4) is 5.75 Å². The Bertz CT molecular complexity index is 746. The minimum Gasteiger partial charge on any atom is -0.496 e. The van der Waals surface area contributed by atoms with Crippen LogP contribution in [-0.4, -0.2) is 12.2 Å². The molecule has 1 atom stereocenters. The molecule has 0 aliphatic heterocycles. The second-order valence-electron chi connectivity index (χ2n) is 4.77. The summed E-state index contributed by atoms with van der Waals surface area (Å²) in [6.45, 7) is 2.02. The van der Waals surface area contributed by atoms with E-state index in [1.807, 2.05) is 54.8 Å². The zero-order valence-electron chi connectivity index (χ0n) is 11.5. The van der Waals surface area contributed by atoms with E-state index < -0.39 is 6.10 Å². The third-order valence-corrected chi connectivity index (χ3v) is 4.65. The lowest BCUT2D eigenvalue weighted by atomic mass is 9.97. The molecule has 0 amide bonds. The molecule has 0 aliphatic carbocycles. The summed E-state index contributed by atoms with van der Waals surface area (Å²) in [5, 5.41) is 14.9. The average Bonchev–Trinajstić information content (AvgIpc) is 2.91. The molecule has 0 bridgehead atoms. The quantitative estimate of drug-likeness (QED) is 0.777. The van der Waals surface area contributed by atoms with Gasteiger partial charge < -0.3 is 9.84 Å². The number of methoxy groups -OCH3 is 1. The molecule has 1 unspecified atom stereocenters. The maximum atomic E-state index is 10.8. The molecule has 3 heteroatoms. The van der Waals surface area contributed by atoms with Gasteiger partial charge in [0, 0.05) is 10.4 Å². The fraction of sp³-hybridized carbons (Fsp3) is 0.176. The molecule has 3 rings (SSSR count). The van der Waals surface area contributed by atoms with Crippen LogP contribution in [0.25, 0.3) is 10.8 Å². The number of aryl methyl sites for hydroxylation is 1. The van der Waals surface area contributed by atoms with Crippen LogP contribution < -0.4 is 4.74 Å². The molecule has 0 spiro atoms. The summed E-state index contributed by atoms with van der Waals surface area (Å²) < 4.78 is 5.46. The number of rotatable bonds is 3. The highest BCUT2D eigenvalue weighted by molar-refractivity contribution is 7.10. The Hall–Kier alpha value is -1.84. The van der Waals surface area contributed by atoms with Gasteiger partial charge in [-0.3, -0.25) is 0 Å². The molecule has 0 fully saturated rings. The van der Waals surface area contributed by atoms with E-state index in [1.54, 1.807) is 18.4 Å². The van der Waals surface area contributed by atoms with Crippen LogP contribution in [0, 0.1) is 6.92 Å². The van der Waals surface area contributed by atoms with Gasteiger partial charge in [-0.2, -0.15) is 0 Å². The molecule has 1 heterocycles. The summed E-state index contributed by atoms with van der Waals surface area (Å²) in [4.78, 5) is 0.972. The van der Waals surface area contributed by atoms with E-state index in [0.717, 1.165) is 32.5 Å². The number of hydrogen-bond acceptors (Lipinski definition) is 3. The monoisotopic (exact) mass is 284 g/mol. The lowest BCUT2D eigenvalue weighted by Gasteiger charge is -2.17. The molecule has 0 saturated heterocycles. The van der Waals surface area contributed by atoms with Gasteiger partial charge in [0.15, 0.2) is 0 Å². The van der Waals surface area contributed by atoms with Gasteiger partial charge in [-0.15, -0.1) is 11.3 Å². The zero-order chi connectivity index (χ0) is 14.1. The number of ether oxygens (including phenoxy) is 1.